The Morgan fingerprint density at radius 2 is 1.97 bits per heavy atom. The number of anilines is 1. The van der Waals surface area contributed by atoms with Crippen LogP contribution in [0.1, 0.15) is 29.3 Å². The molecule has 35 heavy (non-hydrogen) atoms. The lowest BCUT2D eigenvalue weighted by Gasteiger charge is -2.39. The number of β-amino-alcohol motifs (C(OH)–C–C–N with tert-alkyl or cyclic N) is 1. The number of piperazine rings is 1. The molecular weight excluding hydrogens is 468 g/mol. The summed E-state index contributed by atoms with van der Waals surface area (Å²) in [6.07, 6.45) is 1.70. The third kappa shape index (κ3) is 8.81. The van der Waals surface area contributed by atoms with Crippen LogP contribution < -0.4 is 14.8 Å². The highest BCUT2D eigenvalue weighted by Gasteiger charge is 2.23. The number of aliphatic hydroxyl groups excluding tert-OH is 1. The number of hydrogen-bond donors (Lipinski definition) is 3. The first-order valence-electron chi connectivity index (χ1n) is 11.9. The highest BCUT2D eigenvalue weighted by molar-refractivity contribution is 7.92. The summed E-state index contributed by atoms with van der Waals surface area (Å²) in [6.45, 7) is 7.65. The number of sulfonamides is 1. The van der Waals surface area contributed by atoms with E-state index in [1.165, 1.54) is 6.07 Å². The number of nitrogens with one attached hydrogen (secondary N) is 2. The molecule has 0 bridgehead atoms. The zero-order chi connectivity index (χ0) is 25.3. The lowest BCUT2D eigenvalue weighted by Crippen LogP contribution is -2.52. The van der Waals surface area contributed by atoms with E-state index in [9.17, 15) is 18.3 Å². The van der Waals surface area contributed by atoms with Gasteiger partial charge in [-0.3, -0.25) is 19.3 Å². The van der Waals surface area contributed by atoms with Crippen molar-refractivity contribution in [2.24, 2.45) is 0 Å². The van der Waals surface area contributed by atoms with Crippen molar-refractivity contribution < 1.29 is 23.1 Å². The molecule has 1 amide bonds. The van der Waals surface area contributed by atoms with E-state index >= 15 is 0 Å². The zero-order valence-electron chi connectivity index (χ0n) is 20.4. The van der Waals surface area contributed by atoms with E-state index in [2.05, 4.69) is 32.8 Å². The molecule has 1 heterocycles. The maximum Gasteiger partial charge on any atom is 0.251 e. The number of aliphatic hydroxyl groups is 1. The van der Waals surface area contributed by atoms with Gasteiger partial charge < -0.3 is 15.2 Å². The molecule has 0 saturated carbocycles. The monoisotopic (exact) mass is 504 g/mol. The van der Waals surface area contributed by atoms with Gasteiger partial charge in [0.25, 0.3) is 5.91 Å². The number of carbonyl (C=O) groups excluding carboxylic acids is 1. The Kier molecular flexibility index (Phi) is 9.91. The van der Waals surface area contributed by atoms with Gasteiger partial charge in [0.15, 0.2) is 0 Å². The van der Waals surface area contributed by atoms with Crippen molar-refractivity contribution in [3.63, 3.8) is 0 Å². The fourth-order valence-corrected chi connectivity index (χ4v) is 4.74. The van der Waals surface area contributed by atoms with E-state index in [4.69, 9.17) is 4.74 Å². The summed E-state index contributed by atoms with van der Waals surface area (Å²) in [7, 11) is -3.40. The maximum absolute atomic E-state index is 12.4. The number of benzene rings is 2. The van der Waals surface area contributed by atoms with Crippen molar-refractivity contribution in [1.29, 1.82) is 0 Å². The standard InChI is InChI=1S/C25H36N4O5S/c1-20-18-28(12-13-29(20)14-15-30)19-22-7-3-4-10-24(22)34-16-6-11-26-25(31)21-8-5-9-23(17-21)27-35(2,32)33/h3-5,7-10,17,20,27,30H,6,11-16,18-19H2,1-2H3,(H,26,31). The van der Waals surface area contributed by atoms with Gasteiger partial charge in [0.2, 0.25) is 10.0 Å². The molecule has 2 aromatic carbocycles. The summed E-state index contributed by atoms with van der Waals surface area (Å²) in [5.41, 5.74) is 1.87. The van der Waals surface area contributed by atoms with E-state index in [-0.39, 0.29) is 12.5 Å². The highest BCUT2D eigenvalue weighted by Crippen LogP contribution is 2.22. The lowest BCUT2D eigenvalue weighted by atomic mass is 10.1. The van der Waals surface area contributed by atoms with E-state index in [1.54, 1.807) is 18.2 Å². The molecule has 1 unspecified atom stereocenters. The minimum Gasteiger partial charge on any atom is -0.493 e. The predicted molar refractivity (Wildman–Crippen MR) is 137 cm³/mol. The summed E-state index contributed by atoms with van der Waals surface area (Å²) in [4.78, 5) is 17.1. The Bertz CT molecular complexity index is 1080. The van der Waals surface area contributed by atoms with E-state index in [0.29, 0.717) is 43.4 Å². The van der Waals surface area contributed by atoms with Crippen molar-refractivity contribution in [1.82, 2.24) is 15.1 Å². The molecule has 2 aromatic rings. The summed E-state index contributed by atoms with van der Waals surface area (Å²) >= 11 is 0. The molecule has 1 aliphatic rings. The summed E-state index contributed by atoms with van der Waals surface area (Å²) in [5, 5.41) is 12.1. The molecule has 1 saturated heterocycles. The quantitative estimate of drug-likeness (QED) is 0.378. The van der Waals surface area contributed by atoms with Crippen molar-refractivity contribution in [3.8, 4) is 5.75 Å². The first kappa shape index (κ1) is 26.9. The van der Waals surface area contributed by atoms with Crippen LogP contribution >= 0.6 is 0 Å². The molecule has 3 N–H and O–H groups in total. The van der Waals surface area contributed by atoms with Crippen LogP contribution in [0.15, 0.2) is 48.5 Å². The van der Waals surface area contributed by atoms with Crippen LogP contribution in [0.2, 0.25) is 0 Å². The third-order valence-corrected chi connectivity index (χ3v) is 6.50. The zero-order valence-corrected chi connectivity index (χ0v) is 21.3. The molecule has 9 nitrogen and oxygen atoms in total. The van der Waals surface area contributed by atoms with Crippen LogP contribution in [0.5, 0.6) is 5.75 Å². The molecule has 1 aliphatic heterocycles. The molecule has 1 fully saturated rings. The normalized spacial score (nSPS) is 17.2. The molecule has 3 rings (SSSR count). The van der Waals surface area contributed by atoms with Crippen LogP contribution in [0, 0.1) is 0 Å². The Balaban J connectivity index is 1.44. The van der Waals surface area contributed by atoms with Gasteiger partial charge in [-0.15, -0.1) is 0 Å². The molecule has 0 radical (unpaired) electrons. The Morgan fingerprint density at radius 1 is 1.17 bits per heavy atom. The number of amides is 1. The highest BCUT2D eigenvalue weighted by atomic mass is 32.2. The fourth-order valence-electron chi connectivity index (χ4n) is 4.19. The van der Waals surface area contributed by atoms with E-state index in [1.807, 2.05) is 18.2 Å². The van der Waals surface area contributed by atoms with Crippen LogP contribution in [0.4, 0.5) is 5.69 Å². The third-order valence-electron chi connectivity index (χ3n) is 5.90. The average Bonchev–Trinajstić information content (AvgIpc) is 2.80. The number of rotatable bonds is 12. The van der Waals surface area contributed by atoms with Gasteiger partial charge in [0.05, 0.1) is 19.5 Å². The second kappa shape index (κ2) is 12.9. The maximum atomic E-state index is 12.4. The summed E-state index contributed by atoms with van der Waals surface area (Å²) in [5.74, 6) is 0.584. The number of para-hydroxylation sites is 1. The number of carbonyl (C=O) groups is 1. The first-order valence-corrected chi connectivity index (χ1v) is 13.8. The van der Waals surface area contributed by atoms with Crippen LogP contribution in [0.25, 0.3) is 0 Å². The van der Waals surface area contributed by atoms with E-state index in [0.717, 1.165) is 43.7 Å². The van der Waals surface area contributed by atoms with Crippen molar-refractivity contribution in [2.45, 2.75) is 25.9 Å². The number of nitrogens with zero attached hydrogens (tertiary/aromatic N) is 2. The van der Waals surface area contributed by atoms with Gasteiger partial charge >= 0.3 is 0 Å². The largest absolute Gasteiger partial charge is 0.493 e. The molecule has 10 heteroatoms. The topological polar surface area (TPSA) is 111 Å². The van der Waals surface area contributed by atoms with Crippen molar-refractivity contribution in [3.05, 3.63) is 59.7 Å². The van der Waals surface area contributed by atoms with E-state index < -0.39 is 10.0 Å². The van der Waals surface area contributed by atoms with Gasteiger partial charge in [0, 0.05) is 62.1 Å². The second-order valence-corrected chi connectivity index (χ2v) is 10.6. The van der Waals surface area contributed by atoms with Gasteiger partial charge in [-0.2, -0.15) is 0 Å². The van der Waals surface area contributed by atoms with Crippen LogP contribution in [0.3, 0.4) is 0 Å². The van der Waals surface area contributed by atoms with Crippen LogP contribution in [-0.2, 0) is 16.6 Å². The van der Waals surface area contributed by atoms with Gasteiger partial charge in [0.1, 0.15) is 5.75 Å². The first-order chi connectivity index (χ1) is 16.7. The van der Waals surface area contributed by atoms with Crippen molar-refractivity contribution in [2.75, 3.05) is 56.9 Å². The minimum absolute atomic E-state index is 0.189. The molecule has 192 valence electrons. The summed E-state index contributed by atoms with van der Waals surface area (Å²) < 4.78 is 31.2. The Morgan fingerprint density at radius 3 is 2.71 bits per heavy atom. The average molecular weight is 505 g/mol. The Labute approximate surface area is 208 Å². The number of hydrogen-bond acceptors (Lipinski definition) is 7. The van der Waals surface area contributed by atoms with Gasteiger partial charge in [-0.25, -0.2) is 8.42 Å². The smallest absolute Gasteiger partial charge is 0.251 e. The van der Waals surface area contributed by atoms with Crippen LogP contribution in [-0.4, -0.2) is 87.5 Å². The van der Waals surface area contributed by atoms with Gasteiger partial charge in [-0.05, 0) is 37.6 Å². The van der Waals surface area contributed by atoms with Crippen molar-refractivity contribution >= 4 is 21.6 Å². The summed E-state index contributed by atoms with van der Waals surface area (Å²) in [6, 6.07) is 14.8. The Hall–Kier alpha value is -2.66. The molecule has 1 atom stereocenters. The molecule has 0 spiro atoms. The lowest BCUT2D eigenvalue weighted by molar-refractivity contribution is 0.0642. The molecule has 0 aromatic heterocycles. The molecule has 0 aliphatic carbocycles. The minimum atomic E-state index is -3.40. The molecular formula is C25H36N4O5S. The predicted octanol–water partition coefficient (Wildman–Crippen LogP) is 1.76. The van der Waals surface area contributed by atoms with Gasteiger partial charge in [-0.1, -0.05) is 24.3 Å². The number of ether oxygens (including phenoxy) is 1. The fraction of sp³-hybridized carbons (Fsp3) is 0.480. The second-order valence-electron chi connectivity index (χ2n) is 8.86. The SMILES string of the molecule is CC1CN(Cc2ccccc2OCCCNC(=O)c2cccc(NS(C)(=O)=O)c2)CCN1CCO.